The van der Waals surface area contributed by atoms with Crippen LogP contribution in [0.2, 0.25) is 0 Å². The number of ketones is 1. The molecule has 3 nitrogen and oxygen atoms in total. The Balaban J connectivity index is 1.84. The fourth-order valence-electron chi connectivity index (χ4n) is 4.23. The second-order valence-electron chi connectivity index (χ2n) is 7.74. The number of fused-ring (bicyclic) bond motifs is 1. The van der Waals surface area contributed by atoms with Gasteiger partial charge in [0, 0.05) is 12.0 Å². The number of hydrogen-bond donors (Lipinski definition) is 0. The molecule has 2 atom stereocenters. The number of thioether (sulfide) groups is 1. The summed E-state index contributed by atoms with van der Waals surface area (Å²) >= 11 is 1.52. The van der Waals surface area contributed by atoms with E-state index in [9.17, 15) is 10.1 Å². The van der Waals surface area contributed by atoms with Crippen molar-refractivity contribution >= 4 is 17.5 Å². The highest BCUT2D eigenvalue weighted by atomic mass is 32.2. The zero-order valence-electron chi connectivity index (χ0n) is 15.7. The topological polar surface area (TPSA) is 53.8 Å². The largest absolute Gasteiger partial charge is 0.298 e. The van der Waals surface area contributed by atoms with Crippen LogP contribution in [0.3, 0.4) is 0 Å². The number of pyridine rings is 1. The van der Waals surface area contributed by atoms with Crippen LogP contribution in [0.1, 0.15) is 55.7 Å². The van der Waals surface area contributed by atoms with E-state index in [2.05, 4.69) is 25.1 Å². The van der Waals surface area contributed by atoms with Gasteiger partial charge >= 0.3 is 0 Å². The molecule has 1 aromatic carbocycles. The minimum Gasteiger partial charge on any atom is -0.298 e. The molecular formula is C23H24N2OS. The summed E-state index contributed by atoms with van der Waals surface area (Å²) < 4.78 is 0. The molecule has 1 heterocycles. The maximum atomic E-state index is 12.4. The van der Waals surface area contributed by atoms with E-state index in [-0.39, 0.29) is 5.25 Å². The zero-order valence-corrected chi connectivity index (χ0v) is 16.5. The second-order valence-corrected chi connectivity index (χ2v) is 8.93. The molecule has 1 fully saturated rings. The van der Waals surface area contributed by atoms with Gasteiger partial charge in [-0.3, -0.25) is 4.79 Å². The minimum atomic E-state index is -0.0546. The van der Waals surface area contributed by atoms with E-state index >= 15 is 0 Å². The highest BCUT2D eigenvalue weighted by Crippen LogP contribution is 2.40. The summed E-state index contributed by atoms with van der Waals surface area (Å²) in [6, 6.07) is 12.7. The number of nitrogens with zero attached hydrogens (tertiary/aromatic N) is 2. The third kappa shape index (κ3) is 3.66. The number of benzene rings is 1. The number of carbonyl (C=O) groups is 1. The average molecular weight is 377 g/mol. The van der Waals surface area contributed by atoms with Crippen molar-refractivity contribution in [1.82, 2.24) is 4.98 Å². The number of aromatic nitrogens is 1. The Kier molecular flexibility index (Phi) is 5.31. The number of nitriles is 1. The van der Waals surface area contributed by atoms with Gasteiger partial charge in [-0.25, -0.2) is 4.98 Å². The standard InChI is InChI=1S/C23H24N2OS/c1-15-11-12-17-18(13-15)19(14-24)23(27-21-10-6-5-9-20(21)26)25-22(17)16-7-3-2-4-8-16/h2-4,7-8,15,21H,5-6,9-13H2,1H3/t15-,21-/m0/s1. The van der Waals surface area contributed by atoms with Crippen molar-refractivity contribution in [2.45, 2.75) is 62.1 Å². The third-order valence-electron chi connectivity index (χ3n) is 5.73. The van der Waals surface area contributed by atoms with Crippen LogP contribution in [0.15, 0.2) is 35.4 Å². The monoisotopic (exact) mass is 376 g/mol. The molecule has 0 radical (unpaired) electrons. The lowest BCUT2D eigenvalue weighted by molar-refractivity contribution is -0.119. The average Bonchev–Trinajstić information content (AvgIpc) is 2.69. The summed E-state index contributed by atoms with van der Waals surface area (Å²) in [7, 11) is 0. The molecule has 2 aromatic rings. The molecule has 0 bridgehead atoms. The van der Waals surface area contributed by atoms with Crippen LogP contribution in [0.5, 0.6) is 0 Å². The van der Waals surface area contributed by atoms with E-state index in [1.165, 1.54) is 17.3 Å². The first-order valence-corrected chi connectivity index (χ1v) is 10.8. The van der Waals surface area contributed by atoms with E-state index in [0.29, 0.717) is 23.7 Å². The van der Waals surface area contributed by atoms with Crippen LogP contribution in [-0.4, -0.2) is 16.0 Å². The van der Waals surface area contributed by atoms with Gasteiger partial charge in [0.25, 0.3) is 0 Å². The van der Waals surface area contributed by atoms with Gasteiger partial charge in [-0.15, -0.1) is 0 Å². The number of rotatable bonds is 3. The Hall–Kier alpha value is -2.12. The highest BCUT2D eigenvalue weighted by Gasteiger charge is 2.29. The van der Waals surface area contributed by atoms with Crippen molar-refractivity contribution in [2.75, 3.05) is 0 Å². The van der Waals surface area contributed by atoms with E-state index in [1.54, 1.807) is 0 Å². The first-order valence-electron chi connectivity index (χ1n) is 9.88. The quantitative estimate of drug-likeness (QED) is 0.725. The minimum absolute atomic E-state index is 0.0546. The van der Waals surface area contributed by atoms with Gasteiger partial charge in [0.15, 0.2) is 0 Å². The Morgan fingerprint density at radius 1 is 1.11 bits per heavy atom. The zero-order chi connectivity index (χ0) is 18.8. The lowest BCUT2D eigenvalue weighted by Crippen LogP contribution is -2.22. The van der Waals surface area contributed by atoms with Crippen molar-refractivity contribution in [3.8, 4) is 17.3 Å². The highest BCUT2D eigenvalue weighted by molar-refractivity contribution is 8.00. The number of carbonyl (C=O) groups excluding carboxylic acids is 1. The van der Waals surface area contributed by atoms with Gasteiger partial charge in [-0.2, -0.15) is 5.26 Å². The Labute approximate surface area is 165 Å². The van der Waals surface area contributed by atoms with Crippen LogP contribution in [0.4, 0.5) is 0 Å². The second kappa shape index (κ2) is 7.86. The molecule has 0 unspecified atom stereocenters. The maximum Gasteiger partial charge on any atom is 0.146 e. The smallest absolute Gasteiger partial charge is 0.146 e. The van der Waals surface area contributed by atoms with Gasteiger partial charge < -0.3 is 0 Å². The molecule has 27 heavy (non-hydrogen) atoms. The van der Waals surface area contributed by atoms with Gasteiger partial charge in [0.05, 0.1) is 16.5 Å². The molecule has 1 aromatic heterocycles. The summed E-state index contributed by atoms with van der Waals surface area (Å²) in [5, 5.41) is 10.6. The normalized spacial score (nSPS) is 22.1. The van der Waals surface area contributed by atoms with Crippen LogP contribution in [-0.2, 0) is 17.6 Å². The Morgan fingerprint density at radius 2 is 1.93 bits per heavy atom. The van der Waals surface area contributed by atoms with Crippen LogP contribution >= 0.6 is 11.8 Å². The first kappa shape index (κ1) is 18.3. The molecule has 0 spiro atoms. The van der Waals surface area contributed by atoms with E-state index in [1.807, 2.05) is 18.2 Å². The molecule has 0 saturated heterocycles. The van der Waals surface area contributed by atoms with Crippen LogP contribution < -0.4 is 0 Å². The van der Waals surface area contributed by atoms with Crippen molar-refractivity contribution in [1.29, 1.82) is 5.26 Å². The molecule has 138 valence electrons. The number of Topliss-reactive ketones (excluding diaryl/α,β-unsaturated/α-hetero) is 1. The summed E-state index contributed by atoms with van der Waals surface area (Å²) in [5.74, 6) is 0.883. The molecule has 1 saturated carbocycles. The van der Waals surface area contributed by atoms with Crippen molar-refractivity contribution in [3.63, 3.8) is 0 Å². The van der Waals surface area contributed by atoms with Gasteiger partial charge in [0.2, 0.25) is 0 Å². The molecule has 4 heteroatoms. The van der Waals surface area contributed by atoms with Crippen LogP contribution in [0, 0.1) is 17.2 Å². The predicted molar refractivity (Wildman–Crippen MR) is 109 cm³/mol. The van der Waals surface area contributed by atoms with Gasteiger partial charge in [-0.1, -0.05) is 55.4 Å². The predicted octanol–water partition coefficient (Wildman–Crippen LogP) is 5.35. The summed E-state index contributed by atoms with van der Waals surface area (Å²) in [4.78, 5) is 17.3. The molecule has 4 rings (SSSR count). The summed E-state index contributed by atoms with van der Waals surface area (Å²) in [6.07, 6.45) is 6.65. The number of hydrogen-bond acceptors (Lipinski definition) is 4. The van der Waals surface area contributed by atoms with Gasteiger partial charge in [-0.05, 0) is 49.1 Å². The van der Waals surface area contributed by atoms with Crippen LogP contribution in [0.25, 0.3) is 11.3 Å². The van der Waals surface area contributed by atoms with Crippen molar-refractivity contribution in [3.05, 3.63) is 47.0 Å². The van der Waals surface area contributed by atoms with E-state index in [0.717, 1.165) is 60.4 Å². The molecule has 2 aliphatic rings. The Bertz CT molecular complexity index is 901. The summed E-state index contributed by atoms with van der Waals surface area (Å²) in [6.45, 7) is 2.25. The maximum absolute atomic E-state index is 12.4. The van der Waals surface area contributed by atoms with Crippen molar-refractivity contribution < 1.29 is 4.79 Å². The SMILES string of the molecule is C[C@H]1CCc2c(-c3ccccc3)nc(S[C@H]3CCCCC3=O)c(C#N)c2C1. The fraction of sp³-hybridized carbons (Fsp3) is 0.435. The van der Waals surface area contributed by atoms with E-state index < -0.39 is 0 Å². The molecule has 0 aliphatic heterocycles. The van der Waals surface area contributed by atoms with Gasteiger partial charge in [0.1, 0.15) is 16.9 Å². The lowest BCUT2D eigenvalue weighted by Gasteiger charge is -2.27. The Morgan fingerprint density at radius 3 is 2.67 bits per heavy atom. The van der Waals surface area contributed by atoms with Crippen molar-refractivity contribution in [2.24, 2.45) is 5.92 Å². The molecule has 2 aliphatic carbocycles. The first-order chi connectivity index (χ1) is 13.2. The molecular weight excluding hydrogens is 352 g/mol. The fourth-order valence-corrected chi connectivity index (χ4v) is 5.46. The summed E-state index contributed by atoms with van der Waals surface area (Å²) in [5.41, 5.74) is 5.21. The molecule has 0 amide bonds. The van der Waals surface area contributed by atoms with E-state index in [4.69, 9.17) is 4.98 Å². The molecule has 0 N–H and O–H groups in total. The lowest BCUT2D eigenvalue weighted by atomic mass is 9.81. The third-order valence-corrected chi connectivity index (χ3v) is 7.03.